The van der Waals surface area contributed by atoms with E-state index >= 15 is 0 Å². The van der Waals surface area contributed by atoms with Crippen LogP contribution in [0.4, 0.5) is 4.79 Å². The molecule has 5 aromatic carbocycles. The lowest BCUT2D eigenvalue weighted by Crippen LogP contribution is -2.60. The molecule has 3 amide bonds. The summed E-state index contributed by atoms with van der Waals surface area (Å²) < 4.78 is 16.3. The first kappa shape index (κ1) is 48.7. The number of fused-ring (bicyclic) bond motifs is 4. The number of nitrogens with one attached hydrogen (secondary N) is 4. The third-order valence-electron chi connectivity index (χ3n) is 9.89. The molecular weight excluding hydrogens is 831 g/mol. The van der Waals surface area contributed by atoms with E-state index in [2.05, 4.69) is 43.3 Å². The maximum atomic E-state index is 13.7. The summed E-state index contributed by atoms with van der Waals surface area (Å²) in [5.41, 5.74) is 9.54. The summed E-state index contributed by atoms with van der Waals surface area (Å²) in [6, 6.07) is 45.7. The zero-order valence-corrected chi connectivity index (χ0v) is 35.2. The number of nitrogens with two attached hydrogens (primary N) is 1. The first-order valence-electron chi connectivity index (χ1n) is 19.4. The molecule has 6 N–H and O–H groups in total. The van der Waals surface area contributed by atoms with Crippen LogP contribution < -0.4 is 21.7 Å². The van der Waals surface area contributed by atoms with Crippen LogP contribution in [0.1, 0.15) is 67.9 Å². The van der Waals surface area contributed by atoms with Gasteiger partial charge in [0.2, 0.25) is 5.91 Å². The lowest BCUT2D eigenvalue weighted by Gasteiger charge is -2.31. The van der Waals surface area contributed by atoms with Crippen molar-refractivity contribution in [2.75, 3.05) is 0 Å². The van der Waals surface area contributed by atoms with Crippen molar-refractivity contribution >= 4 is 84.4 Å². The molecule has 2 atom stereocenters. The fourth-order valence-electron chi connectivity index (χ4n) is 6.81. The van der Waals surface area contributed by atoms with Crippen molar-refractivity contribution < 1.29 is 27.6 Å². The molecular formula is C50H53N5O6S2. The van der Waals surface area contributed by atoms with E-state index in [1.54, 1.807) is 13.0 Å². The number of H-pyrrole nitrogens is 1. The van der Waals surface area contributed by atoms with Crippen molar-refractivity contribution in [2.45, 2.75) is 59.8 Å². The van der Waals surface area contributed by atoms with Gasteiger partial charge < -0.3 is 39.9 Å². The van der Waals surface area contributed by atoms with Gasteiger partial charge in [-0.25, -0.2) is 4.79 Å². The third-order valence-corrected chi connectivity index (χ3v) is 9.89. The van der Waals surface area contributed by atoms with Crippen LogP contribution in [0.3, 0.4) is 0 Å². The van der Waals surface area contributed by atoms with Gasteiger partial charge in [-0.2, -0.15) is 0 Å². The maximum Gasteiger partial charge on any atom is 0.316 e. The van der Waals surface area contributed by atoms with Crippen molar-refractivity contribution in [3.8, 4) is 0 Å². The van der Waals surface area contributed by atoms with Crippen LogP contribution in [0.15, 0.2) is 165 Å². The molecule has 0 radical (unpaired) electrons. The predicted octanol–water partition coefficient (Wildman–Crippen LogP) is 11.0. The Labute approximate surface area is 377 Å². The van der Waals surface area contributed by atoms with Crippen molar-refractivity contribution in [3.05, 3.63) is 180 Å². The Bertz CT molecular complexity index is 2750. The molecule has 0 saturated heterocycles. The maximum absolute atomic E-state index is 13.7. The predicted molar refractivity (Wildman–Crippen MR) is 259 cm³/mol. The quantitative estimate of drug-likeness (QED) is 0.0839. The minimum absolute atomic E-state index is 0. The Kier molecular flexibility index (Phi) is 18.0. The largest absolute Gasteiger partial charge is 0.460 e. The molecule has 13 heteroatoms. The Hall–Kier alpha value is -6.93. The van der Waals surface area contributed by atoms with Gasteiger partial charge in [0, 0.05) is 62.1 Å². The minimum atomic E-state index is -1.22. The molecule has 0 aliphatic carbocycles. The molecule has 4 aromatic heterocycles. The average Bonchev–Trinajstić information content (AvgIpc) is 4.11. The minimum Gasteiger partial charge on any atom is -0.460 e. The highest BCUT2D eigenvalue weighted by Crippen LogP contribution is 2.25. The van der Waals surface area contributed by atoms with Crippen LogP contribution in [-0.2, 0) is 46.7 Å². The van der Waals surface area contributed by atoms with E-state index in [4.69, 9.17) is 19.0 Å². The number of aromatic amines is 1. The number of carbonyl (C=O) groups excluding carboxylic acids is 3. The van der Waals surface area contributed by atoms with Crippen molar-refractivity contribution in [2.24, 2.45) is 5.73 Å². The number of aldehydes is 1. The molecule has 0 aliphatic rings. The Balaban J connectivity index is 0.000000271. The average molecular weight is 884 g/mol. The summed E-state index contributed by atoms with van der Waals surface area (Å²) in [6.07, 6.45) is 2.91. The molecule has 0 fully saturated rings. The van der Waals surface area contributed by atoms with Gasteiger partial charge in [-0.3, -0.25) is 9.59 Å². The van der Waals surface area contributed by atoms with E-state index in [9.17, 15) is 14.4 Å². The van der Waals surface area contributed by atoms with Gasteiger partial charge in [0.15, 0.2) is 12.0 Å². The highest BCUT2D eigenvalue weighted by Gasteiger charge is 2.37. The Morgan fingerprint density at radius 2 is 1.25 bits per heavy atom. The van der Waals surface area contributed by atoms with Gasteiger partial charge in [-0.1, -0.05) is 118 Å². The van der Waals surface area contributed by atoms with Gasteiger partial charge in [0.05, 0.1) is 19.1 Å². The molecule has 326 valence electrons. The van der Waals surface area contributed by atoms with Gasteiger partial charge in [0.1, 0.15) is 33.8 Å². The fourth-order valence-corrected chi connectivity index (χ4v) is 6.81. The molecule has 0 aliphatic heterocycles. The number of carbonyl (C=O) groups is 3. The first-order chi connectivity index (χ1) is 29.7. The van der Waals surface area contributed by atoms with E-state index in [1.807, 2.05) is 153 Å². The van der Waals surface area contributed by atoms with Crippen LogP contribution in [0, 0.1) is 0 Å². The monoisotopic (exact) mass is 883 g/mol. The van der Waals surface area contributed by atoms with Crippen molar-refractivity contribution in [1.29, 1.82) is 0 Å². The van der Waals surface area contributed by atoms with Crippen LogP contribution in [0.25, 0.3) is 43.8 Å². The normalized spacial score (nSPS) is 11.7. The molecule has 0 saturated carbocycles. The third kappa shape index (κ3) is 12.6. The summed E-state index contributed by atoms with van der Waals surface area (Å²) in [4.78, 5) is 40.2. The number of para-hydroxylation sites is 4. The lowest BCUT2D eigenvalue weighted by atomic mass is 9.91. The fraction of sp³-hybridized carbons (Fsp3) is 0.180. The molecule has 63 heavy (non-hydrogen) atoms. The topological polar surface area (TPSA) is 169 Å². The van der Waals surface area contributed by atoms with Crippen molar-refractivity contribution in [3.63, 3.8) is 0 Å². The Morgan fingerprint density at radius 1 is 0.730 bits per heavy atom. The van der Waals surface area contributed by atoms with E-state index in [-0.39, 0.29) is 33.3 Å². The van der Waals surface area contributed by atoms with Crippen LogP contribution in [-0.4, -0.2) is 28.7 Å². The summed E-state index contributed by atoms with van der Waals surface area (Å²) in [6.45, 7) is 4.35. The zero-order valence-electron chi connectivity index (χ0n) is 33.6. The van der Waals surface area contributed by atoms with Gasteiger partial charge in [-0.05, 0) is 67.4 Å². The summed E-state index contributed by atoms with van der Waals surface area (Å²) in [5.74, 6) is 1.59. The van der Waals surface area contributed by atoms with E-state index < -0.39 is 11.6 Å². The number of urea groups is 1. The van der Waals surface area contributed by atoms with Crippen molar-refractivity contribution in [1.82, 2.24) is 20.9 Å². The van der Waals surface area contributed by atoms with Crippen LogP contribution in [0.2, 0.25) is 0 Å². The number of aromatic nitrogens is 1. The second kappa shape index (κ2) is 23.3. The Morgan fingerprint density at radius 3 is 1.84 bits per heavy atom. The highest BCUT2D eigenvalue weighted by atomic mass is 32.8. The summed E-state index contributed by atoms with van der Waals surface area (Å²) in [7, 11) is 0. The molecule has 9 rings (SSSR count). The molecule has 11 nitrogen and oxygen atoms in total. The number of hydrogen-bond donors (Lipinski definition) is 5. The van der Waals surface area contributed by atoms with Gasteiger partial charge >= 0.3 is 6.03 Å². The second-order valence-corrected chi connectivity index (χ2v) is 14.3. The highest BCUT2D eigenvalue weighted by molar-refractivity contribution is 8.07. The number of amides is 3. The molecule has 9 aromatic rings. The second-order valence-electron chi connectivity index (χ2n) is 14.3. The van der Waals surface area contributed by atoms with E-state index in [0.29, 0.717) is 30.8 Å². The SMILES string of the molecule is C.C.CC(NC(=O)C(C)(Cc1c[nH]c2ccccc12)NC(=O)NCc1cc2ccccc2o1)c1ccccc1.NCc1cc2ccccc2o1.O=Cc1cc2ccccc2o1.S=S. The number of benzene rings is 5. The van der Waals surface area contributed by atoms with E-state index in [0.717, 1.165) is 60.7 Å². The number of rotatable bonds is 10. The number of furan rings is 3. The summed E-state index contributed by atoms with van der Waals surface area (Å²) >= 11 is 7.33. The smallest absolute Gasteiger partial charge is 0.316 e. The standard InChI is InChI=1S/C30H30N4O3.C9H9NO.C9H6O2.2CH4.S2/c1-20(21-10-4-3-5-11-21)33-28(35)30(2,17-23-18-31-26-14-8-7-13-25(23)26)34-29(36)32-19-24-16-22-12-6-9-15-27(22)37-24;2*10-6-8-5-7-3-1-2-4-9(7)11-8;;;1-2/h3-16,18,20,31H,17,19H2,1-2H3,(H,33,35)(H2,32,34,36);1-5H,6,10H2;1-6H;2*1H4;. The van der Waals surface area contributed by atoms with E-state index in [1.165, 1.54) is 0 Å². The van der Waals surface area contributed by atoms with Gasteiger partial charge in [-0.15, -0.1) is 0 Å². The summed E-state index contributed by atoms with van der Waals surface area (Å²) in [5, 5.41) is 12.9. The zero-order chi connectivity index (χ0) is 43.2. The molecule has 0 bridgehead atoms. The lowest BCUT2D eigenvalue weighted by molar-refractivity contribution is -0.127. The molecule has 2 unspecified atom stereocenters. The first-order valence-corrected chi connectivity index (χ1v) is 20.8. The molecule has 4 heterocycles. The number of hydrogen-bond acceptors (Lipinski definition) is 9. The molecule has 0 spiro atoms. The van der Waals surface area contributed by atoms with Crippen LogP contribution >= 0.6 is 0 Å². The van der Waals surface area contributed by atoms with Crippen LogP contribution in [0.5, 0.6) is 0 Å². The van der Waals surface area contributed by atoms with Gasteiger partial charge in [0.25, 0.3) is 0 Å².